The Hall–Kier alpha value is -13.1. The summed E-state index contributed by atoms with van der Waals surface area (Å²) in [6.07, 6.45) is 4.67. The molecule has 0 bridgehead atoms. The Morgan fingerprint density at radius 2 is 0.649 bits per heavy atom. The summed E-state index contributed by atoms with van der Waals surface area (Å²) in [5.41, 5.74) is 10.0. The van der Waals surface area contributed by atoms with Gasteiger partial charge in [-0.25, -0.2) is 9.59 Å². The van der Waals surface area contributed by atoms with Crippen molar-refractivity contribution in [3.8, 4) is 46.0 Å². The van der Waals surface area contributed by atoms with Gasteiger partial charge in [0.1, 0.15) is 92.6 Å². The van der Waals surface area contributed by atoms with Gasteiger partial charge in [0, 0.05) is 117 Å². The molecule has 4 amide bonds. The first kappa shape index (κ1) is 85.2. The lowest BCUT2D eigenvalue weighted by Gasteiger charge is -2.37. The summed E-state index contributed by atoms with van der Waals surface area (Å²) in [7, 11) is 0. The van der Waals surface area contributed by atoms with Crippen LogP contribution in [0.15, 0.2) is 191 Å². The predicted octanol–water partition coefficient (Wildman–Crippen LogP) is 22.0. The lowest BCUT2D eigenvalue weighted by molar-refractivity contribution is -0.157. The Bertz CT molecular complexity index is 6680. The van der Waals surface area contributed by atoms with E-state index in [2.05, 4.69) is 9.80 Å². The fraction of sp³-hybridized carbons (Fsp3) is 0.339. The monoisotopic (exact) mass is 1790 g/mol. The van der Waals surface area contributed by atoms with E-state index in [9.17, 15) is 0 Å². The molecule has 8 aliphatic rings. The van der Waals surface area contributed by atoms with Crippen LogP contribution in [0.3, 0.4) is 0 Å². The Balaban J connectivity index is 0.755. The van der Waals surface area contributed by atoms with Crippen molar-refractivity contribution in [2.75, 3.05) is 65.7 Å². The second-order valence-corrected chi connectivity index (χ2v) is 38.8. The summed E-state index contributed by atoms with van der Waals surface area (Å²) in [4.78, 5) is 110. The van der Waals surface area contributed by atoms with Gasteiger partial charge in [-0.3, -0.25) is 38.8 Å². The van der Waals surface area contributed by atoms with Crippen LogP contribution in [0.1, 0.15) is 148 Å². The minimum absolute atomic E-state index is 0.00707. The molecular weight excluding hydrogens is 1690 g/mol. The molecule has 0 N–H and O–H groups in total. The molecule has 22 nitrogen and oxygen atoms in total. The first-order chi connectivity index (χ1) is 65.1. The topological polar surface area (TPSA) is 247 Å². The van der Waals surface area contributed by atoms with E-state index < -0.39 is 59.9 Å². The van der Waals surface area contributed by atoms with Crippen LogP contribution >= 0.6 is 0 Å². The van der Waals surface area contributed by atoms with Crippen LogP contribution < -0.4 is 18.9 Å². The number of fused-ring (bicyclic) bond motifs is 8. The van der Waals surface area contributed by atoms with Crippen LogP contribution in [-0.2, 0) is 50.9 Å². The number of esters is 2. The number of imide groups is 2. The van der Waals surface area contributed by atoms with Gasteiger partial charge in [-0.15, -0.1) is 0 Å². The normalized spacial score (nSPS) is 20.8. The van der Waals surface area contributed by atoms with Crippen molar-refractivity contribution in [3.63, 3.8) is 0 Å². The van der Waals surface area contributed by atoms with Crippen LogP contribution in [0.2, 0.25) is 0 Å². The molecule has 2 aromatic heterocycles. The number of carbonyl (C=O) groups is 6. The van der Waals surface area contributed by atoms with E-state index in [4.69, 9.17) is 56.2 Å². The number of benzene rings is 13. The summed E-state index contributed by atoms with van der Waals surface area (Å²) >= 11 is 0. The van der Waals surface area contributed by atoms with E-state index in [0.29, 0.717) is 130 Å². The van der Waals surface area contributed by atoms with Gasteiger partial charge in [0.25, 0.3) is 23.6 Å². The molecule has 0 spiro atoms. The third-order valence-electron chi connectivity index (χ3n) is 28.7. The van der Waals surface area contributed by atoms with E-state index in [1.807, 2.05) is 213 Å². The number of amides is 4. The maximum Gasteiger partial charge on any atom is 0.330 e. The predicted molar refractivity (Wildman–Crippen MR) is 511 cm³/mol. The standard InChI is InChI=1S/C112H104N4O18/c1-59-29-33-87(63(5)37-59)129-93-45-81-97-82(108(118)115(107(81)117)85(43-69-19-15-25-79-77-23-9-11-27-91(77)133-105(69)79)111(121)127-71-21-13-17-67(41-71)49-113(51-73-55-123-73)52-74-56-124-74)47-95(131-89-35-31-61(3)39-65(89)7)101-102-96(132-90-36-32-62(4)40-66(90)8)48-84-98-83(46-94(100(104(98)102)99(93)103(97)101)130-88-34-30-60(2)38-64(88)6)109(119)116(110(84)120)86(44-70-20-16-26-80-78-24-10-12-28-92(78)134-106(70)80)112(122)128-72-22-14-18-68(42-72)50-114(53-75-57-125-75)54-76-58-126-76/h9-12,15-16,19-20,23-40,45-48,67-68,71-76,85-86H,13-14,17-18,21-22,41-44,49-58H2,1-8H3. The lowest BCUT2D eigenvalue weighted by atomic mass is 9.80. The smallest absolute Gasteiger partial charge is 0.330 e. The van der Waals surface area contributed by atoms with Crippen LogP contribution in [0, 0.1) is 67.2 Å². The number of aryl methyl sites for hydroxylation is 8. The molecule has 10 unspecified atom stereocenters. The van der Waals surface area contributed by atoms with Crippen molar-refractivity contribution in [3.05, 3.63) is 260 Å². The number of carbonyl (C=O) groups excluding carboxylic acids is 6. The van der Waals surface area contributed by atoms with Gasteiger partial charge in [-0.2, -0.15) is 0 Å². The van der Waals surface area contributed by atoms with E-state index in [0.717, 1.165) is 141 Å². The Kier molecular flexibility index (Phi) is 21.7. The number of para-hydroxylation sites is 4. The van der Waals surface area contributed by atoms with Gasteiger partial charge >= 0.3 is 11.9 Å². The van der Waals surface area contributed by atoms with Gasteiger partial charge in [0.2, 0.25) is 0 Å². The van der Waals surface area contributed by atoms with Gasteiger partial charge in [-0.1, -0.05) is 144 Å². The molecule has 22 heteroatoms. The highest BCUT2D eigenvalue weighted by molar-refractivity contribution is 6.45. The Morgan fingerprint density at radius 1 is 0.343 bits per heavy atom. The molecule has 2 saturated carbocycles. The van der Waals surface area contributed by atoms with Crippen molar-refractivity contribution >= 4 is 123 Å². The van der Waals surface area contributed by atoms with Crippen molar-refractivity contribution in [1.29, 1.82) is 0 Å². The van der Waals surface area contributed by atoms with E-state index in [1.54, 1.807) is 24.3 Å². The second kappa shape index (κ2) is 34.1. The van der Waals surface area contributed by atoms with E-state index in [-0.39, 0.29) is 116 Å². The third-order valence-corrected chi connectivity index (χ3v) is 28.7. The Labute approximate surface area is 774 Å². The molecule has 6 fully saturated rings. The highest BCUT2D eigenvalue weighted by Gasteiger charge is 2.50. The lowest BCUT2D eigenvalue weighted by Crippen LogP contribution is -2.53. The zero-order valence-corrected chi connectivity index (χ0v) is 76.4. The molecule has 4 saturated heterocycles. The molecule has 13 aromatic carbocycles. The Morgan fingerprint density at radius 3 is 0.955 bits per heavy atom. The van der Waals surface area contributed by atoms with Crippen LogP contribution in [-0.4, -0.2) is 170 Å². The van der Waals surface area contributed by atoms with Gasteiger partial charge in [0.05, 0.1) is 73.1 Å². The maximum atomic E-state index is 17.5. The zero-order chi connectivity index (χ0) is 91.3. The molecule has 6 aliphatic heterocycles. The highest BCUT2D eigenvalue weighted by Crippen LogP contribution is 2.59. The van der Waals surface area contributed by atoms with Crippen molar-refractivity contribution in [1.82, 2.24) is 19.6 Å². The van der Waals surface area contributed by atoms with E-state index >= 15 is 28.8 Å². The average Bonchev–Trinajstić information content (AvgIpc) is 1.62. The molecule has 0 radical (unpaired) electrons. The van der Waals surface area contributed by atoms with Gasteiger partial charge in [0.15, 0.2) is 0 Å². The summed E-state index contributed by atoms with van der Waals surface area (Å²) < 4.78 is 80.8. The summed E-state index contributed by atoms with van der Waals surface area (Å²) in [6, 6.07) is 53.5. The van der Waals surface area contributed by atoms with Gasteiger partial charge in [-0.05, 0) is 213 Å². The van der Waals surface area contributed by atoms with Crippen molar-refractivity contribution in [2.45, 2.75) is 168 Å². The first-order valence-electron chi connectivity index (χ1n) is 47.3. The SMILES string of the molecule is Cc1ccc(Oc2cc3c4c(cc(Oc5ccc(C)cc5C)c5c6c(Oc7ccc(C)cc7C)cc7c8c(cc(Oc9ccc(C)cc9C)c(c2c45)c86)C(=O)N(C(Cc2cccc4c2oc2ccccc24)C(=O)OC2CCCC(CN(CC4CO4)CC4CO4)C2)C7=O)C(=O)N(C(Cc2cccc4c2oc2ccccc24)C(=O)OC2CCCC(CN(CC4CO4)CC4CO4)C2)C3=O)c(C)c1. The molecule has 8 heterocycles. The fourth-order valence-electron chi connectivity index (χ4n) is 22.0. The second-order valence-electron chi connectivity index (χ2n) is 38.8. The molecule has 2 aliphatic carbocycles. The number of epoxide rings is 4. The van der Waals surface area contributed by atoms with Crippen molar-refractivity contribution < 1.29 is 85.0 Å². The van der Waals surface area contributed by atoms with Crippen molar-refractivity contribution in [2.24, 2.45) is 11.8 Å². The molecule has 10 atom stereocenters. The maximum absolute atomic E-state index is 17.5. The third kappa shape index (κ3) is 16.1. The van der Waals surface area contributed by atoms with Crippen LogP contribution in [0.5, 0.6) is 46.0 Å². The fourth-order valence-corrected chi connectivity index (χ4v) is 22.0. The highest BCUT2D eigenvalue weighted by atomic mass is 16.6. The summed E-state index contributed by atoms with van der Waals surface area (Å²) in [5, 5.41) is 5.36. The minimum Gasteiger partial charge on any atom is -0.461 e. The largest absolute Gasteiger partial charge is 0.461 e. The number of nitrogens with zero attached hydrogens (tertiary/aromatic N) is 4. The number of furan rings is 2. The molecule has 15 aromatic rings. The van der Waals surface area contributed by atoms with Crippen LogP contribution in [0.4, 0.5) is 0 Å². The molecular formula is C112H104N4O18. The van der Waals surface area contributed by atoms with Gasteiger partial charge < -0.3 is 56.2 Å². The summed E-state index contributed by atoms with van der Waals surface area (Å²) in [5.74, 6) is -2.58. The number of ether oxygens (including phenoxy) is 10. The average molecular weight is 1790 g/mol. The number of hydrogen-bond acceptors (Lipinski definition) is 20. The zero-order valence-electron chi connectivity index (χ0n) is 76.4. The first-order valence-corrected chi connectivity index (χ1v) is 47.3. The molecule has 680 valence electrons. The van der Waals surface area contributed by atoms with E-state index in [1.165, 1.54) is 0 Å². The quantitative estimate of drug-likeness (QED) is 0.0133. The number of hydrogen-bond donors (Lipinski definition) is 0. The number of rotatable bonds is 30. The molecule has 134 heavy (non-hydrogen) atoms. The summed E-state index contributed by atoms with van der Waals surface area (Å²) in [6.45, 7) is 23.2. The van der Waals surface area contributed by atoms with Crippen LogP contribution in [0.25, 0.3) is 87.0 Å². The minimum atomic E-state index is -1.61. The molecule has 23 rings (SSSR count).